The number of hydrogen-bond donors (Lipinski definition) is 1. The van der Waals surface area contributed by atoms with Gasteiger partial charge in [0.05, 0.1) is 0 Å². The number of hydrogen-bond acceptors (Lipinski definition) is 2. The van der Waals surface area contributed by atoms with Crippen molar-refractivity contribution in [1.29, 1.82) is 0 Å². The van der Waals surface area contributed by atoms with E-state index in [1.807, 2.05) is 0 Å². The van der Waals surface area contributed by atoms with Gasteiger partial charge in [-0.15, -0.1) is 12.4 Å². The molecule has 0 aliphatic carbocycles. The number of nitrogens with zero attached hydrogens (tertiary/aromatic N) is 1. The average Bonchev–Trinajstić information content (AvgIpc) is 2.37. The largest absolute Gasteiger partial charge is 0.329 e. The molecule has 0 bridgehead atoms. The van der Waals surface area contributed by atoms with E-state index in [1.54, 1.807) is 0 Å². The van der Waals surface area contributed by atoms with E-state index in [0.29, 0.717) is 18.5 Å². The second-order valence-corrected chi connectivity index (χ2v) is 5.35. The molecule has 2 N–H and O–H groups in total. The first-order valence-electron chi connectivity index (χ1n) is 6.58. The molecule has 0 aromatic heterocycles. The lowest BCUT2D eigenvalue weighted by molar-refractivity contribution is 0.114. The zero-order valence-corrected chi connectivity index (χ0v) is 12.2. The average molecular weight is 309 g/mol. The van der Waals surface area contributed by atoms with Crippen LogP contribution in [-0.4, -0.2) is 24.0 Å². The van der Waals surface area contributed by atoms with Crippen molar-refractivity contribution in [3.63, 3.8) is 0 Å². The van der Waals surface area contributed by atoms with Crippen molar-refractivity contribution in [2.24, 2.45) is 11.7 Å². The van der Waals surface area contributed by atoms with E-state index >= 15 is 0 Å². The minimum atomic E-state index is -1.15. The molecule has 2 nitrogen and oxygen atoms in total. The monoisotopic (exact) mass is 308 g/mol. The van der Waals surface area contributed by atoms with Crippen molar-refractivity contribution in [3.8, 4) is 0 Å². The SMILES string of the molecule is CC1CCN(Cc2cc(F)c(F)cc2F)C(CN)C1.Cl. The van der Waals surface area contributed by atoms with E-state index in [-0.39, 0.29) is 30.6 Å². The van der Waals surface area contributed by atoms with Crippen LogP contribution >= 0.6 is 12.4 Å². The van der Waals surface area contributed by atoms with Crippen LogP contribution in [0.2, 0.25) is 0 Å². The van der Waals surface area contributed by atoms with Gasteiger partial charge < -0.3 is 5.73 Å². The maximum Gasteiger partial charge on any atom is 0.161 e. The number of piperidine rings is 1. The van der Waals surface area contributed by atoms with Gasteiger partial charge in [0.25, 0.3) is 0 Å². The van der Waals surface area contributed by atoms with Gasteiger partial charge in [0.15, 0.2) is 11.6 Å². The Kier molecular flexibility index (Phi) is 6.30. The molecular weight excluding hydrogens is 289 g/mol. The Morgan fingerprint density at radius 1 is 1.20 bits per heavy atom. The van der Waals surface area contributed by atoms with Gasteiger partial charge in [0.1, 0.15) is 5.82 Å². The Morgan fingerprint density at radius 3 is 2.50 bits per heavy atom. The lowest BCUT2D eigenvalue weighted by atomic mass is 9.92. The molecule has 0 amide bonds. The highest BCUT2D eigenvalue weighted by molar-refractivity contribution is 5.85. The van der Waals surface area contributed by atoms with Crippen molar-refractivity contribution < 1.29 is 13.2 Å². The third kappa shape index (κ3) is 3.87. The Labute approximate surface area is 123 Å². The first kappa shape index (κ1) is 17.3. The Bertz CT molecular complexity index is 456. The summed E-state index contributed by atoms with van der Waals surface area (Å²) in [5, 5.41) is 0. The summed E-state index contributed by atoms with van der Waals surface area (Å²) in [6, 6.07) is 1.72. The molecule has 1 aliphatic rings. The van der Waals surface area contributed by atoms with Gasteiger partial charge in [-0.1, -0.05) is 6.92 Å². The smallest absolute Gasteiger partial charge is 0.161 e. The second kappa shape index (κ2) is 7.29. The number of rotatable bonds is 3. The summed E-state index contributed by atoms with van der Waals surface area (Å²) in [5.74, 6) is -2.26. The Balaban J connectivity index is 0.00000200. The maximum absolute atomic E-state index is 13.6. The summed E-state index contributed by atoms with van der Waals surface area (Å²) in [5.41, 5.74) is 5.92. The van der Waals surface area contributed by atoms with E-state index in [0.717, 1.165) is 25.5 Å². The predicted octanol–water partition coefficient (Wildman–Crippen LogP) is 3.08. The van der Waals surface area contributed by atoms with Crippen LogP contribution in [0, 0.1) is 23.4 Å². The summed E-state index contributed by atoms with van der Waals surface area (Å²) in [7, 11) is 0. The number of likely N-dealkylation sites (tertiary alicyclic amines) is 1. The molecule has 20 heavy (non-hydrogen) atoms. The minimum Gasteiger partial charge on any atom is -0.329 e. The topological polar surface area (TPSA) is 29.3 Å². The first-order chi connectivity index (χ1) is 9.01. The van der Waals surface area contributed by atoms with Gasteiger partial charge in [0.2, 0.25) is 0 Å². The highest BCUT2D eigenvalue weighted by Gasteiger charge is 2.26. The summed E-state index contributed by atoms with van der Waals surface area (Å²) in [4.78, 5) is 2.05. The van der Waals surface area contributed by atoms with Crippen LogP contribution < -0.4 is 5.73 Å². The zero-order chi connectivity index (χ0) is 14.0. The van der Waals surface area contributed by atoms with E-state index in [1.165, 1.54) is 0 Å². The molecule has 1 aliphatic heterocycles. The summed E-state index contributed by atoms with van der Waals surface area (Å²) in [6.07, 6.45) is 1.98. The van der Waals surface area contributed by atoms with Crippen molar-refractivity contribution >= 4 is 12.4 Å². The molecule has 1 heterocycles. The summed E-state index contributed by atoms with van der Waals surface area (Å²) >= 11 is 0. The molecule has 0 spiro atoms. The molecule has 0 radical (unpaired) electrons. The van der Waals surface area contributed by atoms with E-state index < -0.39 is 17.5 Å². The number of benzene rings is 1. The van der Waals surface area contributed by atoms with Crippen molar-refractivity contribution in [3.05, 3.63) is 35.1 Å². The van der Waals surface area contributed by atoms with Crippen LogP contribution in [0.3, 0.4) is 0 Å². The fourth-order valence-corrected chi connectivity index (χ4v) is 2.66. The fourth-order valence-electron chi connectivity index (χ4n) is 2.66. The molecule has 1 aromatic carbocycles. The number of nitrogens with two attached hydrogens (primary N) is 1. The van der Waals surface area contributed by atoms with Gasteiger partial charge in [-0.25, -0.2) is 13.2 Å². The fraction of sp³-hybridized carbons (Fsp3) is 0.571. The van der Waals surface area contributed by atoms with Crippen LogP contribution in [0.4, 0.5) is 13.2 Å². The lowest BCUT2D eigenvalue weighted by Gasteiger charge is -2.38. The molecule has 1 aromatic rings. The van der Waals surface area contributed by atoms with Crippen LogP contribution in [-0.2, 0) is 6.54 Å². The minimum absolute atomic E-state index is 0. The molecule has 114 valence electrons. The van der Waals surface area contributed by atoms with E-state index in [9.17, 15) is 13.2 Å². The van der Waals surface area contributed by atoms with E-state index in [2.05, 4.69) is 11.8 Å². The van der Waals surface area contributed by atoms with Gasteiger partial charge in [0, 0.05) is 30.8 Å². The van der Waals surface area contributed by atoms with Crippen LogP contribution in [0.5, 0.6) is 0 Å². The van der Waals surface area contributed by atoms with Gasteiger partial charge in [-0.3, -0.25) is 4.90 Å². The van der Waals surface area contributed by atoms with Crippen molar-refractivity contribution in [1.82, 2.24) is 4.90 Å². The predicted molar refractivity (Wildman–Crippen MR) is 75.2 cm³/mol. The summed E-state index contributed by atoms with van der Waals surface area (Å²) in [6.45, 7) is 3.74. The van der Waals surface area contributed by atoms with Crippen LogP contribution in [0.1, 0.15) is 25.3 Å². The third-order valence-corrected chi connectivity index (χ3v) is 3.83. The standard InChI is InChI=1S/C14H19F3N2.ClH/c1-9-2-3-19(11(4-9)7-18)8-10-5-13(16)14(17)6-12(10)15;/h5-6,9,11H,2-4,7-8,18H2,1H3;1H. The van der Waals surface area contributed by atoms with E-state index in [4.69, 9.17) is 5.73 Å². The molecule has 2 rings (SSSR count). The first-order valence-corrected chi connectivity index (χ1v) is 6.58. The van der Waals surface area contributed by atoms with Crippen molar-refractivity contribution in [2.75, 3.05) is 13.1 Å². The third-order valence-electron chi connectivity index (χ3n) is 3.83. The van der Waals surface area contributed by atoms with Crippen LogP contribution in [0.15, 0.2) is 12.1 Å². The van der Waals surface area contributed by atoms with Gasteiger partial charge in [-0.05, 0) is 31.4 Å². The lowest BCUT2D eigenvalue weighted by Crippen LogP contribution is -2.45. The van der Waals surface area contributed by atoms with Gasteiger partial charge in [-0.2, -0.15) is 0 Å². The second-order valence-electron chi connectivity index (χ2n) is 5.35. The Hall–Kier alpha value is -0.780. The molecule has 0 saturated carbocycles. The summed E-state index contributed by atoms with van der Waals surface area (Å²) < 4.78 is 39.7. The molecule has 2 atom stereocenters. The molecule has 1 fully saturated rings. The highest BCUT2D eigenvalue weighted by atomic mass is 35.5. The quantitative estimate of drug-likeness (QED) is 0.870. The molecular formula is C14H20ClF3N2. The van der Waals surface area contributed by atoms with Crippen LogP contribution in [0.25, 0.3) is 0 Å². The molecule has 6 heteroatoms. The maximum atomic E-state index is 13.6. The molecule has 2 unspecified atom stereocenters. The molecule has 1 saturated heterocycles. The highest BCUT2D eigenvalue weighted by Crippen LogP contribution is 2.25. The zero-order valence-electron chi connectivity index (χ0n) is 11.4. The number of halogens is 4. The van der Waals surface area contributed by atoms with Gasteiger partial charge >= 0.3 is 0 Å². The van der Waals surface area contributed by atoms with Crippen molar-refractivity contribution in [2.45, 2.75) is 32.4 Å². The Morgan fingerprint density at radius 2 is 1.85 bits per heavy atom. The normalized spacial score (nSPS) is 23.4.